The summed E-state index contributed by atoms with van der Waals surface area (Å²) in [6.45, 7) is 0. The summed E-state index contributed by atoms with van der Waals surface area (Å²) in [4.78, 5) is 24.2. The van der Waals surface area contributed by atoms with Gasteiger partial charge < -0.3 is 9.80 Å². The van der Waals surface area contributed by atoms with Gasteiger partial charge in [-0.3, -0.25) is 4.79 Å². The van der Waals surface area contributed by atoms with Crippen LogP contribution in [0.3, 0.4) is 0 Å². The Morgan fingerprint density at radius 1 is 0.414 bits per heavy atom. The van der Waals surface area contributed by atoms with Crippen molar-refractivity contribution in [2.24, 2.45) is 0 Å². The quantitative estimate of drug-likeness (QED) is 0.163. The summed E-state index contributed by atoms with van der Waals surface area (Å²) in [6, 6.07) is 57.3. The molecule has 0 bridgehead atoms. The summed E-state index contributed by atoms with van der Waals surface area (Å²) in [5, 5.41) is 7.39. The van der Waals surface area contributed by atoms with E-state index in [1.807, 2.05) is 23.5 Å². The second kappa shape index (κ2) is 12.2. The van der Waals surface area contributed by atoms with Crippen LogP contribution in [0.15, 0.2) is 183 Å². The molecular formula is C53H32N2OS2. The van der Waals surface area contributed by atoms with Gasteiger partial charge in [0.1, 0.15) is 0 Å². The second-order valence-electron chi connectivity index (χ2n) is 15.6. The highest BCUT2D eigenvalue weighted by Gasteiger charge is 2.33. The van der Waals surface area contributed by atoms with Gasteiger partial charge in [-0.25, -0.2) is 0 Å². The summed E-state index contributed by atoms with van der Waals surface area (Å²) in [6.07, 6.45) is 6.70. The molecule has 0 aromatic heterocycles. The van der Waals surface area contributed by atoms with Crippen LogP contribution in [0.2, 0.25) is 0 Å². The number of hydrogen-bond acceptors (Lipinski definition) is 5. The number of rotatable bonds is 2. The van der Waals surface area contributed by atoms with Crippen molar-refractivity contribution < 1.29 is 4.79 Å². The lowest BCUT2D eigenvalue weighted by Gasteiger charge is -2.33. The normalized spacial score (nSPS) is 14.5. The molecule has 0 atom stereocenters. The average molecular weight is 777 g/mol. The standard InChI is InChI=1S/C53H32N2OS2/c56-53-43-29-39(54-45-13-5-7-15-49(45)57-51-27-37-23-33-11-3-1-9-31(33)21-35(37)25-47(51)54)17-19-41(43)42-20-18-40(30-44(42)53)55-46-14-6-8-16-50(46)58-52-28-38-24-34-12-4-2-10-32(34)22-36(38)26-48(52)55/h1,3-9,11-30H,2,10H2. The lowest BCUT2D eigenvalue weighted by Crippen LogP contribution is -2.15. The van der Waals surface area contributed by atoms with Crippen molar-refractivity contribution in [3.8, 4) is 11.1 Å². The minimum atomic E-state index is 0.0664. The highest BCUT2D eigenvalue weighted by molar-refractivity contribution is 8.00. The van der Waals surface area contributed by atoms with Crippen LogP contribution in [-0.4, -0.2) is 5.78 Å². The smallest absolute Gasteiger partial charge is 0.194 e. The number of benzene rings is 9. The minimum Gasteiger partial charge on any atom is -0.308 e. The Labute approximate surface area is 344 Å². The molecule has 13 rings (SSSR count). The first-order valence-electron chi connectivity index (χ1n) is 19.8. The fourth-order valence-electron chi connectivity index (χ4n) is 9.52. The molecule has 5 heteroatoms. The third-order valence-corrected chi connectivity index (χ3v) is 14.5. The SMILES string of the molecule is O=C1c2cc(N3c4ccccc4Sc4cc5cc6c(cc5cc43)CCC=C6)ccc2-c2ccc(N3c4ccccc4Sc4cc5cc6ccccc6cc5cc43)cc21. The lowest BCUT2D eigenvalue weighted by atomic mass is 9.93. The Kier molecular flexibility index (Phi) is 6.87. The van der Waals surface area contributed by atoms with Crippen LogP contribution in [-0.2, 0) is 6.42 Å². The second-order valence-corrected chi connectivity index (χ2v) is 17.8. The van der Waals surface area contributed by atoms with Crippen molar-refractivity contribution in [1.82, 2.24) is 0 Å². The fourth-order valence-corrected chi connectivity index (χ4v) is 11.7. The zero-order chi connectivity index (χ0) is 38.1. The number of fused-ring (bicyclic) bond motifs is 11. The monoisotopic (exact) mass is 776 g/mol. The van der Waals surface area contributed by atoms with Gasteiger partial charge in [-0.15, -0.1) is 0 Å². The van der Waals surface area contributed by atoms with Crippen molar-refractivity contribution >= 4 is 102 Å². The van der Waals surface area contributed by atoms with Gasteiger partial charge in [-0.1, -0.05) is 102 Å². The number of anilines is 6. The number of carbonyl (C=O) groups is 1. The number of aryl methyl sites for hydroxylation is 1. The molecular weight excluding hydrogens is 745 g/mol. The number of carbonyl (C=O) groups excluding carboxylic acids is 1. The molecule has 9 aromatic carbocycles. The molecule has 0 saturated carbocycles. The third kappa shape index (κ3) is 4.81. The number of nitrogens with zero attached hydrogens (tertiary/aromatic N) is 2. The average Bonchev–Trinajstić information content (AvgIpc) is 3.54. The molecule has 0 N–H and O–H groups in total. The van der Waals surface area contributed by atoms with Crippen LogP contribution in [0.25, 0.3) is 49.5 Å². The number of allylic oxidation sites excluding steroid dienone is 1. The van der Waals surface area contributed by atoms with Gasteiger partial charge in [0.05, 0.1) is 22.7 Å². The van der Waals surface area contributed by atoms with E-state index in [9.17, 15) is 4.79 Å². The van der Waals surface area contributed by atoms with Gasteiger partial charge in [0, 0.05) is 42.1 Å². The first-order valence-corrected chi connectivity index (χ1v) is 21.5. The first-order chi connectivity index (χ1) is 28.6. The topological polar surface area (TPSA) is 23.6 Å². The van der Waals surface area contributed by atoms with Gasteiger partial charge in [-0.05, 0) is 158 Å². The summed E-state index contributed by atoms with van der Waals surface area (Å²) in [5.41, 5.74) is 12.7. The van der Waals surface area contributed by atoms with E-state index in [0.29, 0.717) is 0 Å². The lowest BCUT2D eigenvalue weighted by molar-refractivity contribution is 0.104. The zero-order valence-corrected chi connectivity index (χ0v) is 32.8. The highest BCUT2D eigenvalue weighted by atomic mass is 32.2. The van der Waals surface area contributed by atoms with E-state index in [0.717, 1.165) is 69.2 Å². The maximum atomic E-state index is 14.7. The van der Waals surface area contributed by atoms with E-state index in [-0.39, 0.29) is 5.78 Å². The van der Waals surface area contributed by atoms with E-state index in [1.54, 1.807) is 0 Å². The Hall–Kier alpha value is -6.53. The minimum absolute atomic E-state index is 0.0664. The Balaban J connectivity index is 0.922. The van der Waals surface area contributed by atoms with E-state index in [1.165, 1.54) is 63.0 Å². The van der Waals surface area contributed by atoms with E-state index in [4.69, 9.17) is 0 Å². The molecule has 0 spiro atoms. The van der Waals surface area contributed by atoms with Gasteiger partial charge >= 0.3 is 0 Å². The first kappa shape index (κ1) is 32.5. The third-order valence-electron chi connectivity index (χ3n) is 12.3. The van der Waals surface area contributed by atoms with Crippen LogP contribution >= 0.6 is 23.5 Å². The van der Waals surface area contributed by atoms with E-state index >= 15 is 0 Å². The van der Waals surface area contributed by atoms with Crippen LogP contribution < -0.4 is 9.80 Å². The molecule has 2 heterocycles. The van der Waals surface area contributed by atoms with Gasteiger partial charge in [0.25, 0.3) is 0 Å². The molecule has 2 aliphatic heterocycles. The molecule has 0 amide bonds. The van der Waals surface area contributed by atoms with Crippen molar-refractivity contribution in [3.05, 3.63) is 186 Å². The molecule has 0 unspecified atom stereocenters. The Bertz CT molecular complexity index is 3350. The van der Waals surface area contributed by atoms with Crippen molar-refractivity contribution in [1.29, 1.82) is 0 Å². The molecule has 0 radical (unpaired) electrons. The summed E-state index contributed by atoms with van der Waals surface area (Å²) in [7, 11) is 0. The summed E-state index contributed by atoms with van der Waals surface area (Å²) >= 11 is 3.63. The van der Waals surface area contributed by atoms with Crippen LogP contribution in [0.5, 0.6) is 0 Å². The fraction of sp³-hybridized carbons (Fsp3) is 0.0377. The van der Waals surface area contributed by atoms with Crippen LogP contribution in [0, 0.1) is 0 Å². The van der Waals surface area contributed by atoms with Crippen LogP contribution in [0.1, 0.15) is 33.5 Å². The van der Waals surface area contributed by atoms with Gasteiger partial charge in [0.2, 0.25) is 0 Å². The van der Waals surface area contributed by atoms with Gasteiger partial charge in [0.15, 0.2) is 5.78 Å². The summed E-state index contributed by atoms with van der Waals surface area (Å²) in [5.74, 6) is 0.0664. The van der Waals surface area contributed by atoms with Crippen molar-refractivity contribution in [3.63, 3.8) is 0 Å². The van der Waals surface area contributed by atoms with Crippen LogP contribution in [0.4, 0.5) is 34.1 Å². The predicted octanol–water partition coefficient (Wildman–Crippen LogP) is 15.2. The van der Waals surface area contributed by atoms with E-state index in [2.05, 4.69) is 180 Å². The van der Waals surface area contributed by atoms with E-state index < -0.39 is 0 Å². The maximum absolute atomic E-state index is 14.7. The summed E-state index contributed by atoms with van der Waals surface area (Å²) < 4.78 is 0. The molecule has 9 aromatic rings. The largest absolute Gasteiger partial charge is 0.308 e. The molecule has 58 heavy (non-hydrogen) atoms. The molecule has 4 aliphatic rings. The predicted molar refractivity (Wildman–Crippen MR) is 243 cm³/mol. The Morgan fingerprint density at radius 3 is 1.53 bits per heavy atom. The maximum Gasteiger partial charge on any atom is 0.194 e. The molecule has 2 aliphatic carbocycles. The number of ketones is 1. The number of para-hydroxylation sites is 2. The van der Waals surface area contributed by atoms with Gasteiger partial charge in [-0.2, -0.15) is 0 Å². The Morgan fingerprint density at radius 2 is 0.931 bits per heavy atom. The molecule has 0 saturated heterocycles. The highest BCUT2D eigenvalue weighted by Crippen LogP contribution is 2.55. The molecule has 3 nitrogen and oxygen atoms in total. The molecule has 272 valence electrons. The van der Waals surface area contributed by atoms with Crippen molar-refractivity contribution in [2.45, 2.75) is 32.4 Å². The zero-order valence-electron chi connectivity index (χ0n) is 31.2. The van der Waals surface area contributed by atoms with Crippen molar-refractivity contribution in [2.75, 3.05) is 9.80 Å². The molecule has 0 fully saturated rings. The number of hydrogen-bond donors (Lipinski definition) is 0.